The number of aliphatic hydroxyl groups excluding tert-OH is 1. The van der Waals surface area contributed by atoms with E-state index in [2.05, 4.69) is 19.1 Å². The van der Waals surface area contributed by atoms with Gasteiger partial charge in [0.25, 0.3) is 0 Å². The first-order chi connectivity index (χ1) is 10.6. The topological polar surface area (TPSA) is 47.9 Å². The molecule has 126 valence electrons. The second-order valence-electron chi connectivity index (χ2n) is 5.72. The van der Waals surface area contributed by atoms with Gasteiger partial charge in [-0.2, -0.15) is 0 Å². The van der Waals surface area contributed by atoms with E-state index in [1.54, 1.807) is 0 Å². The molecule has 1 aromatic carbocycles. The highest BCUT2D eigenvalue weighted by Crippen LogP contribution is 2.22. The summed E-state index contributed by atoms with van der Waals surface area (Å²) in [6, 6.07) is 10.3. The van der Waals surface area contributed by atoms with E-state index in [-0.39, 0.29) is 31.0 Å². The fourth-order valence-electron chi connectivity index (χ4n) is 2.10. The molecule has 0 aromatic heterocycles. The summed E-state index contributed by atoms with van der Waals surface area (Å²) in [5.41, 5.74) is 1.20. The molecule has 4 heteroatoms. The zero-order valence-corrected chi connectivity index (χ0v) is 14.2. The molecule has 0 amide bonds. The van der Waals surface area contributed by atoms with Crippen molar-refractivity contribution in [2.24, 2.45) is 0 Å². The van der Waals surface area contributed by atoms with Gasteiger partial charge in [0.15, 0.2) is 0 Å². The van der Waals surface area contributed by atoms with Crippen LogP contribution in [-0.4, -0.2) is 43.2 Å². The van der Waals surface area contributed by atoms with Gasteiger partial charge in [-0.05, 0) is 32.8 Å². The average Bonchev–Trinajstić information content (AvgIpc) is 2.56. The Kier molecular flexibility index (Phi) is 9.32. The molecule has 1 N–H and O–H groups in total. The highest BCUT2D eigenvalue weighted by Gasteiger charge is 2.15. The number of hydrogen-bond acceptors (Lipinski definition) is 4. The van der Waals surface area contributed by atoms with Crippen molar-refractivity contribution in [3.05, 3.63) is 35.9 Å². The summed E-state index contributed by atoms with van der Waals surface area (Å²) in [6.07, 6.45) is 0.879. The number of benzene rings is 1. The van der Waals surface area contributed by atoms with Crippen LogP contribution in [-0.2, 0) is 14.2 Å². The molecule has 0 bridgehead atoms. The Balaban J connectivity index is 2.31. The largest absolute Gasteiger partial charge is 0.394 e. The third-order valence-corrected chi connectivity index (χ3v) is 3.43. The van der Waals surface area contributed by atoms with E-state index in [4.69, 9.17) is 19.3 Å². The lowest BCUT2D eigenvalue weighted by molar-refractivity contribution is -0.0910. The van der Waals surface area contributed by atoms with Crippen LogP contribution in [0.3, 0.4) is 0 Å². The molecule has 0 aliphatic rings. The smallest absolute Gasteiger partial charge is 0.0827 e. The quantitative estimate of drug-likeness (QED) is 0.681. The standard InChI is InChI=1S/C18H30O4/c1-5-18(17-9-7-6-8-10-17)22-16(4)13-21-15(3)12-20-14(2)11-19/h6-10,14-16,18-19H,5,11-13H2,1-4H3. The number of ether oxygens (including phenoxy) is 3. The van der Waals surface area contributed by atoms with E-state index in [1.807, 2.05) is 39.0 Å². The lowest BCUT2D eigenvalue weighted by atomic mass is 10.1. The molecular formula is C18H30O4. The number of aliphatic hydroxyl groups is 1. The molecule has 4 atom stereocenters. The van der Waals surface area contributed by atoms with Crippen LogP contribution in [0.25, 0.3) is 0 Å². The Bertz CT molecular complexity index is 382. The predicted octanol–water partition coefficient (Wildman–Crippen LogP) is 3.35. The van der Waals surface area contributed by atoms with Gasteiger partial charge in [0.2, 0.25) is 0 Å². The molecular weight excluding hydrogens is 280 g/mol. The van der Waals surface area contributed by atoms with Crippen molar-refractivity contribution >= 4 is 0 Å². The lowest BCUT2D eigenvalue weighted by Crippen LogP contribution is -2.26. The summed E-state index contributed by atoms with van der Waals surface area (Å²) in [4.78, 5) is 0. The molecule has 4 nitrogen and oxygen atoms in total. The summed E-state index contributed by atoms with van der Waals surface area (Å²) >= 11 is 0. The second kappa shape index (κ2) is 10.7. The van der Waals surface area contributed by atoms with Gasteiger partial charge < -0.3 is 19.3 Å². The van der Waals surface area contributed by atoms with Crippen LogP contribution in [0.5, 0.6) is 0 Å². The van der Waals surface area contributed by atoms with Crippen molar-refractivity contribution in [2.75, 3.05) is 19.8 Å². The Morgan fingerprint density at radius 2 is 1.50 bits per heavy atom. The zero-order valence-electron chi connectivity index (χ0n) is 14.2. The van der Waals surface area contributed by atoms with Crippen molar-refractivity contribution < 1.29 is 19.3 Å². The van der Waals surface area contributed by atoms with Gasteiger partial charge in [0.1, 0.15) is 0 Å². The van der Waals surface area contributed by atoms with E-state index in [1.165, 1.54) is 5.56 Å². The Labute approximate surface area is 134 Å². The summed E-state index contributed by atoms with van der Waals surface area (Å²) < 4.78 is 17.3. The van der Waals surface area contributed by atoms with Crippen LogP contribution in [0, 0.1) is 0 Å². The molecule has 4 unspecified atom stereocenters. The van der Waals surface area contributed by atoms with Crippen LogP contribution in [0.15, 0.2) is 30.3 Å². The minimum Gasteiger partial charge on any atom is -0.394 e. The first-order valence-corrected chi connectivity index (χ1v) is 8.11. The van der Waals surface area contributed by atoms with E-state index in [0.717, 1.165) is 6.42 Å². The molecule has 0 fully saturated rings. The van der Waals surface area contributed by atoms with Gasteiger partial charge in [-0.25, -0.2) is 0 Å². The van der Waals surface area contributed by atoms with Crippen LogP contribution < -0.4 is 0 Å². The maximum Gasteiger partial charge on any atom is 0.0827 e. The fourth-order valence-corrected chi connectivity index (χ4v) is 2.10. The van der Waals surface area contributed by atoms with Crippen molar-refractivity contribution in [3.63, 3.8) is 0 Å². The molecule has 1 aromatic rings. The van der Waals surface area contributed by atoms with Gasteiger partial charge in [-0.3, -0.25) is 0 Å². The van der Waals surface area contributed by atoms with E-state index in [9.17, 15) is 0 Å². The minimum atomic E-state index is -0.151. The molecule has 0 aliphatic heterocycles. The third kappa shape index (κ3) is 7.36. The molecule has 0 heterocycles. The molecule has 0 aliphatic carbocycles. The molecule has 0 spiro atoms. The van der Waals surface area contributed by atoms with E-state index < -0.39 is 0 Å². The molecule has 22 heavy (non-hydrogen) atoms. The van der Waals surface area contributed by atoms with Gasteiger partial charge in [-0.15, -0.1) is 0 Å². The normalized spacial score (nSPS) is 17.0. The van der Waals surface area contributed by atoms with E-state index >= 15 is 0 Å². The summed E-state index contributed by atoms with van der Waals surface area (Å²) in [6.45, 7) is 8.98. The summed E-state index contributed by atoms with van der Waals surface area (Å²) in [5.74, 6) is 0. The second-order valence-corrected chi connectivity index (χ2v) is 5.72. The van der Waals surface area contributed by atoms with Crippen LogP contribution in [0.4, 0.5) is 0 Å². The highest BCUT2D eigenvalue weighted by atomic mass is 16.6. The van der Waals surface area contributed by atoms with Gasteiger partial charge in [0.05, 0.1) is 44.2 Å². The van der Waals surface area contributed by atoms with Gasteiger partial charge in [0, 0.05) is 0 Å². The zero-order chi connectivity index (χ0) is 16.4. The lowest BCUT2D eigenvalue weighted by Gasteiger charge is -2.23. The maximum atomic E-state index is 8.91. The van der Waals surface area contributed by atoms with Gasteiger partial charge in [-0.1, -0.05) is 37.3 Å². The first-order valence-electron chi connectivity index (χ1n) is 8.11. The van der Waals surface area contributed by atoms with Crippen molar-refractivity contribution in [2.45, 2.75) is 58.5 Å². The van der Waals surface area contributed by atoms with Crippen molar-refractivity contribution in [3.8, 4) is 0 Å². The van der Waals surface area contributed by atoms with Crippen molar-refractivity contribution in [1.29, 1.82) is 0 Å². The average molecular weight is 310 g/mol. The maximum absolute atomic E-state index is 8.91. The first kappa shape index (κ1) is 19.1. The Morgan fingerprint density at radius 1 is 0.909 bits per heavy atom. The van der Waals surface area contributed by atoms with Crippen LogP contribution >= 0.6 is 0 Å². The fraction of sp³-hybridized carbons (Fsp3) is 0.667. The number of rotatable bonds is 11. The molecule has 0 saturated heterocycles. The number of hydrogen-bond donors (Lipinski definition) is 1. The highest BCUT2D eigenvalue weighted by molar-refractivity contribution is 5.17. The molecule has 1 rings (SSSR count). The molecule has 0 radical (unpaired) electrons. The molecule has 0 saturated carbocycles. The Morgan fingerprint density at radius 3 is 2.09 bits per heavy atom. The third-order valence-electron chi connectivity index (χ3n) is 3.43. The SMILES string of the molecule is CCC(OC(C)COC(C)COC(C)CO)c1ccccc1. The van der Waals surface area contributed by atoms with Crippen LogP contribution in [0.1, 0.15) is 45.8 Å². The predicted molar refractivity (Wildman–Crippen MR) is 87.9 cm³/mol. The van der Waals surface area contributed by atoms with Crippen molar-refractivity contribution in [1.82, 2.24) is 0 Å². The Hall–Kier alpha value is -0.940. The summed E-state index contributed by atoms with van der Waals surface area (Å²) in [5, 5.41) is 8.91. The van der Waals surface area contributed by atoms with Crippen LogP contribution in [0.2, 0.25) is 0 Å². The summed E-state index contributed by atoms with van der Waals surface area (Å²) in [7, 11) is 0. The minimum absolute atomic E-state index is 0.0165. The monoisotopic (exact) mass is 310 g/mol. The van der Waals surface area contributed by atoms with Gasteiger partial charge >= 0.3 is 0 Å². The van der Waals surface area contributed by atoms with E-state index in [0.29, 0.717) is 13.2 Å².